The van der Waals surface area contributed by atoms with E-state index in [4.69, 9.17) is 4.74 Å². The van der Waals surface area contributed by atoms with Crippen LogP contribution in [0.5, 0.6) is 0 Å². The maximum atomic E-state index is 12.2. The summed E-state index contributed by atoms with van der Waals surface area (Å²) in [6.45, 7) is 1.85. The van der Waals surface area contributed by atoms with Gasteiger partial charge in [0.05, 0.1) is 11.0 Å². The van der Waals surface area contributed by atoms with Gasteiger partial charge < -0.3 is 20.0 Å². The number of nitrogens with one attached hydrogen (secondary N) is 3. The molecule has 1 atom stereocenters. The van der Waals surface area contributed by atoms with Crippen LogP contribution in [0, 0.1) is 5.92 Å². The lowest BCUT2D eigenvalue weighted by atomic mass is 9.90. The van der Waals surface area contributed by atoms with Crippen LogP contribution < -0.4 is 11.0 Å². The molecule has 0 fully saturated rings. The van der Waals surface area contributed by atoms with Crippen molar-refractivity contribution in [3.8, 4) is 0 Å². The molecule has 7 nitrogen and oxygen atoms in total. The fraction of sp³-hybridized carbons (Fsp3) is 0.316. The summed E-state index contributed by atoms with van der Waals surface area (Å²) in [5.41, 5.74) is 2.67. The lowest BCUT2D eigenvalue weighted by Gasteiger charge is -2.16. The Balaban J connectivity index is 1.35. The van der Waals surface area contributed by atoms with Crippen molar-refractivity contribution >= 4 is 39.9 Å². The van der Waals surface area contributed by atoms with Crippen LogP contribution in [0.3, 0.4) is 0 Å². The molecule has 3 N–H and O–H groups in total. The standard InChI is InChI=1S/C19H19N3O4S/c1-10-2-5-15-11(6-10)7-16(27-15)18(24)26-9-17(23)20-12-3-4-13-14(8-12)22-19(25)21-13/h3-4,7-8,10H,2,5-6,9H2,1H3,(H,20,23)(H2,21,22,25). The van der Waals surface area contributed by atoms with Crippen LogP contribution in [-0.2, 0) is 22.4 Å². The van der Waals surface area contributed by atoms with Gasteiger partial charge in [-0.2, -0.15) is 0 Å². The predicted molar refractivity (Wildman–Crippen MR) is 103 cm³/mol. The quantitative estimate of drug-likeness (QED) is 0.601. The number of anilines is 1. The van der Waals surface area contributed by atoms with Crippen molar-refractivity contribution in [2.45, 2.75) is 26.2 Å². The van der Waals surface area contributed by atoms with Crippen LogP contribution in [0.4, 0.5) is 5.69 Å². The molecule has 1 aromatic carbocycles. The lowest BCUT2D eigenvalue weighted by molar-refractivity contribution is -0.119. The Hall–Kier alpha value is -2.87. The van der Waals surface area contributed by atoms with Crippen molar-refractivity contribution in [2.75, 3.05) is 11.9 Å². The van der Waals surface area contributed by atoms with Gasteiger partial charge in [0, 0.05) is 10.6 Å². The number of benzene rings is 1. The number of aryl methyl sites for hydroxylation is 1. The number of aromatic amines is 2. The van der Waals surface area contributed by atoms with Crippen LogP contribution in [0.1, 0.15) is 33.5 Å². The highest BCUT2D eigenvalue weighted by Gasteiger charge is 2.21. The molecule has 8 heteroatoms. The van der Waals surface area contributed by atoms with Gasteiger partial charge in [-0.1, -0.05) is 6.92 Å². The van der Waals surface area contributed by atoms with Crippen LogP contribution in [0.25, 0.3) is 11.0 Å². The number of H-pyrrole nitrogens is 2. The summed E-state index contributed by atoms with van der Waals surface area (Å²) < 4.78 is 5.15. The smallest absolute Gasteiger partial charge is 0.348 e. The number of ether oxygens (including phenoxy) is 1. The summed E-state index contributed by atoms with van der Waals surface area (Å²) in [6.07, 6.45) is 3.13. The summed E-state index contributed by atoms with van der Waals surface area (Å²) in [5.74, 6) is -0.271. The molecule has 1 aliphatic carbocycles. The Morgan fingerprint density at radius 2 is 2.07 bits per heavy atom. The van der Waals surface area contributed by atoms with E-state index in [-0.39, 0.29) is 12.3 Å². The first-order chi connectivity index (χ1) is 13.0. The highest BCUT2D eigenvalue weighted by molar-refractivity contribution is 7.14. The zero-order chi connectivity index (χ0) is 19.0. The maximum absolute atomic E-state index is 12.2. The second-order valence-electron chi connectivity index (χ2n) is 6.87. The van der Waals surface area contributed by atoms with E-state index in [2.05, 4.69) is 22.2 Å². The highest BCUT2D eigenvalue weighted by Crippen LogP contribution is 2.32. The summed E-state index contributed by atoms with van der Waals surface area (Å²) in [6, 6.07) is 6.89. The number of hydrogen-bond acceptors (Lipinski definition) is 5. The van der Waals surface area contributed by atoms with Crippen molar-refractivity contribution in [3.05, 3.63) is 50.1 Å². The van der Waals surface area contributed by atoms with E-state index in [1.54, 1.807) is 18.2 Å². The first-order valence-electron chi connectivity index (χ1n) is 8.78. The van der Waals surface area contributed by atoms with E-state index in [9.17, 15) is 14.4 Å². The molecule has 0 spiro atoms. The minimum atomic E-state index is -0.470. The van der Waals surface area contributed by atoms with Gasteiger partial charge in [-0.15, -0.1) is 11.3 Å². The summed E-state index contributed by atoms with van der Waals surface area (Å²) in [7, 11) is 0. The molecule has 0 bridgehead atoms. The first-order valence-corrected chi connectivity index (χ1v) is 9.60. The average molecular weight is 385 g/mol. The van der Waals surface area contributed by atoms with Crippen molar-refractivity contribution < 1.29 is 14.3 Å². The molecule has 1 unspecified atom stereocenters. The molecule has 0 saturated heterocycles. The second kappa shape index (κ2) is 7.03. The number of esters is 1. The predicted octanol–water partition coefficient (Wildman–Crippen LogP) is 2.84. The van der Waals surface area contributed by atoms with Gasteiger partial charge in [-0.3, -0.25) is 4.79 Å². The Labute approximate surface area is 158 Å². The van der Waals surface area contributed by atoms with Gasteiger partial charge in [-0.05, 0) is 55.0 Å². The molecule has 0 radical (unpaired) electrons. The summed E-state index contributed by atoms with van der Waals surface area (Å²) in [5, 5.41) is 2.66. The Morgan fingerprint density at radius 3 is 2.93 bits per heavy atom. The topological polar surface area (TPSA) is 104 Å². The SMILES string of the molecule is CC1CCc2sc(C(=O)OCC(=O)Nc3ccc4[nH]c(=O)[nH]c4c3)cc2C1. The van der Waals surface area contributed by atoms with Crippen LogP contribution in [-0.4, -0.2) is 28.5 Å². The Morgan fingerprint density at radius 1 is 1.26 bits per heavy atom. The van der Waals surface area contributed by atoms with E-state index in [1.807, 2.05) is 6.07 Å². The molecule has 2 aromatic heterocycles. The van der Waals surface area contributed by atoms with E-state index < -0.39 is 11.9 Å². The van der Waals surface area contributed by atoms with E-state index in [0.29, 0.717) is 27.5 Å². The second-order valence-corrected chi connectivity index (χ2v) is 8.01. The summed E-state index contributed by atoms with van der Waals surface area (Å²) >= 11 is 1.46. The van der Waals surface area contributed by atoms with Gasteiger partial charge in [0.2, 0.25) is 0 Å². The lowest BCUT2D eigenvalue weighted by Crippen LogP contribution is -2.20. The number of aromatic nitrogens is 2. The van der Waals surface area contributed by atoms with Crippen LogP contribution >= 0.6 is 11.3 Å². The van der Waals surface area contributed by atoms with Crippen molar-refractivity contribution in [2.24, 2.45) is 5.92 Å². The molecule has 0 saturated carbocycles. The number of amides is 1. The zero-order valence-corrected chi connectivity index (χ0v) is 15.6. The molecular weight excluding hydrogens is 366 g/mol. The Kier molecular flexibility index (Phi) is 4.57. The summed E-state index contributed by atoms with van der Waals surface area (Å²) in [4.78, 5) is 42.6. The van der Waals surface area contributed by atoms with Gasteiger partial charge >= 0.3 is 11.7 Å². The molecule has 1 aliphatic rings. The van der Waals surface area contributed by atoms with Gasteiger partial charge in [0.25, 0.3) is 5.91 Å². The number of hydrogen-bond donors (Lipinski definition) is 3. The molecule has 0 aliphatic heterocycles. The van der Waals surface area contributed by atoms with Crippen LogP contribution in [0.15, 0.2) is 29.1 Å². The van der Waals surface area contributed by atoms with Crippen molar-refractivity contribution in [1.82, 2.24) is 9.97 Å². The number of rotatable bonds is 4. The van der Waals surface area contributed by atoms with Gasteiger partial charge in [-0.25, -0.2) is 9.59 Å². The maximum Gasteiger partial charge on any atom is 0.348 e. The number of carbonyl (C=O) groups excluding carboxylic acids is 2. The van der Waals surface area contributed by atoms with E-state index >= 15 is 0 Å². The van der Waals surface area contributed by atoms with Crippen molar-refractivity contribution in [3.63, 3.8) is 0 Å². The minimum absolute atomic E-state index is 0.310. The first kappa shape index (κ1) is 17.5. The third-order valence-electron chi connectivity index (χ3n) is 4.66. The number of imidazole rings is 1. The highest BCUT2D eigenvalue weighted by atomic mass is 32.1. The third kappa shape index (κ3) is 3.80. The van der Waals surface area contributed by atoms with Gasteiger partial charge in [0.15, 0.2) is 6.61 Å². The van der Waals surface area contributed by atoms with Gasteiger partial charge in [0.1, 0.15) is 4.88 Å². The minimum Gasteiger partial charge on any atom is -0.451 e. The number of thiophene rings is 1. The largest absolute Gasteiger partial charge is 0.451 e. The average Bonchev–Trinajstić information content (AvgIpc) is 3.21. The molecule has 3 aromatic rings. The number of carbonyl (C=O) groups is 2. The number of fused-ring (bicyclic) bond motifs is 2. The normalized spacial score (nSPS) is 16.1. The molecule has 4 rings (SSSR count). The molecular formula is C19H19N3O4S. The van der Waals surface area contributed by atoms with E-state index in [1.165, 1.54) is 21.8 Å². The Bertz CT molecular complexity index is 1080. The monoisotopic (exact) mass is 385 g/mol. The zero-order valence-electron chi connectivity index (χ0n) is 14.8. The molecule has 2 heterocycles. The molecule has 27 heavy (non-hydrogen) atoms. The fourth-order valence-corrected chi connectivity index (χ4v) is 4.42. The molecule has 1 amide bonds. The molecule has 140 valence electrons. The fourth-order valence-electron chi connectivity index (χ4n) is 3.32. The van der Waals surface area contributed by atoms with Crippen molar-refractivity contribution in [1.29, 1.82) is 0 Å². The third-order valence-corrected chi connectivity index (χ3v) is 5.88. The van der Waals surface area contributed by atoms with Crippen LogP contribution in [0.2, 0.25) is 0 Å². The van der Waals surface area contributed by atoms with E-state index in [0.717, 1.165) is 19.3 Å².